The van der Waals surface area contributed by atoms with Gasteiger partial charge in [0, 0.05) is 0 Å². The second-order valence-electron chi connectivity index (χ2n) is 3.14. The van der Waals surface area contributed by atoms with Crippen LogP contribution in [0.25, 0.3) is 10.4 Å². The van der Waals surface area contributed by atoms with Crippen LogP contribution >= 0.6 is 11.3 Å². The van der Waals surface area contributed by atoms with Gasteiger partial charge < -0.3 is 15.2 Å². The van der Waals surface area contributed by atoms with Gasteiger partial charge in [-0.2, -0.15) is 0 Å². The molecular weight excluding hydrogens is 224 g/mol. The molecule has 0 amide bonds. The molecule has 0 atom stereocenters. The van der Waals surface area contributed by atoms with Gasteiger partial charge in [-0.3, -0.25) is 0 Å². The van der Waals surface area contributed by atoms with Crippen molar-refractivity contribution < 1.29 is 9.47 Å². The van der Waals surface area contributed by atoms with Crippen LogP contribution in [0.2, 0.25) is 0 Å². The quantitative estimate of drug-likeness (QED) is 0.889. The van der Waals surface area contributed by atoms with E-state index in [2.05, 4.69) is 4.98 Å². The first-order valence-corrected chi connectivity index (χ1v) is 5.55. The van der Waals surface area contributed by atoms with Crippen LogP contribution in [0.5, 0.6) is 11.5 Å². The minimum Gasteiger partial charge on any atom is -0.493 e. The van der Waals surface area contributed by atoms with Crippen molar-refractivity contribution in [3.63, 3.8) is 0 Å². The number of nitrogens with two attached hydrogens (primary N) is 1. The highest BCUT2D eigenvalue weighted by atomic mass is 32.1. The fourth-order valence-corrected chi connectivity index (χ4v) is 2.16. The molecule has 1 aromatic carbocycles. The van der Waals surface area contributed by atoms with Gasteiger partial charge in [0.2, 0.25) is 0 Å². The van der Waals surface area contributed by atoms with Crippen LogP contribution in [0.4, 0.5) is 5.82 Å². The van der Waals surface area contributed by atoms with E-state index in [4.69, 9.17) is 15.2 Å². The number of rotatable bonds is 3. The first-order valence-electron chi connectivity index (χ1n) is 4.67. The molecule has 2 aromatic rings. The number of benzene rings is 1. The Bertz CT molecular complexity index is 496. The van der Waals surface area contributed by atoms with Crippen molar-refractivity contribution in [3.05, 3.63) is 23.7 Å². The normalized spacial score (nSPS) is 10.1. The molecule has 2 N–H and O–H groups in total. The Morgan fingerprint density at radius 2 is 1.94 bits per heavy atom. The molecule has 1 heterocycles. The maximum absolute atomic E-state index is 5.76. The molecule has 0 radical (unpaired) electrons. The number of aromatic nitrogens is 1. The van der Waals surface area contributed by atoms with Crippen molar-refractivity contribution >= 4 is 17.2 Å². The van der Waals surface area contributed by atoms with E-state index in [-0.39, 0.29) is 0 Å². The zero-order valence-electron chi connectivity index (χ0n) is 9.06. The molecule has 0 bridgehead atoms. The molecule has 16 heavy (non-hydrogen) atoms. The molecule has 0 saturated carbocycles. The van der Waals surface area contributed by atoms with Crippen molar-refractivity contribution in [1.29, 1.82) is 0 Å². The second kappa shape index (κ2) is 4.40. The highest BCUT2D eigenvalue weighted by molar-refractivity contribution is 7.13. The third-order valence-electron chi connectivity index (χ3n) is 2.24. The van der Waals surface area contributed by atoms with E-state index in [0.29, 0.717) is 17.3 Å². The third kappa shape index (κ3) is 1.81. The average molecular weight is 236 g/mol. The van der Waals surface area contributed by atoms with Crippen LogP contribution in [0.1, 0.15) is 0 Å². The van der Waals surface area contributed by atoms with Crippen molar-refractivity contribution in [2.45, 2.75) is 0 Å². The molecule has 4 nitrogen and oxygen atoms in total. The molecule has 1 aromatic heterocycles. The Morgan fingerprint density at radius 3 is 2.50 bits per heavy atom. The molecular formula is C11H12N2O2S. The van der Waals surface area contributed by atoms with Crippen LogP contribution in [-0.4, -0.2) is 19.2 Å². The summed E-state index contributed by atoms with van der Waals surface area (Å²) in [6.45, 7) is 0. The molecule has 0 aliphatic rings. The van der Waals surface area contributed by atoms with Crippen LogP contribution in [-0.2, 0) is 0 Å². The summed E-state index contributed by atoms with van der Waals surface area (Å²) in [7, 11) is 3.22. The number of methoxy groups -OCH3 is 2. The zero-order chi connectivity index (χ0) is 11.5. The molecule has 0 saturated heterocycles. The summed E-state index contributed by atoms with van der Waals surface area (Å²) in [6, 6.07) is 5.68. The zero-order valence-corrected chi connectivity index (χ0v) is 9.88. The smallest absolute Gasteiger partial charge is 0.161 e. The van der Waals surface area contributed by atoms with Gasteiger partial charge in [0.25, 0.3) is 0 Å². The van der Waals surface area contributed by atoms with Gasteiger partial charge in [-0.05, 0) is 23.8 Å². The van der Waals surface area contributed by atoms with Crippen molar-refractivity contribution in [3.8, 4) is 21.9 Å². The molecule has 0 unspecified atom stereocenters. The summed E-state index contributed by atoms with van der Waals surface area (Å²) in [5.41, 5.74) is 8.47. The first kappa shape index (κ1) is 10.8. The van der Waals surface area contributed by atoms with Crippen LogP contribution in [0.3, 0.4) is 0 Å². The third-order valence-corrected chi connectivity index (χ3v) is 3.13. The average Bonchev–Trinajstić information content (AvgIpc) is 2.74. The molecule has 84 valence electrons. The largest absolute Gasteiger partial charge is 0.493 e. The van der Waals surface area contributed by atoms with Gasteiger partial charge in [-0.1, -0.05) is 0 Å². The summed E-state index contributed by atoms with van der Waals surface area (Å²) in [5.74, 6) is 1.93. The van der Waals surface area contributed by atoms with Gasteiger partial charge in [0.1, 0.15) is 5.82 Å². The number of nitrogens with zero attached hydrogens (tertiary/aromatic N) is 1. The molecule has 5 heteroatoms. The van der Waals surface area contributed by atoms with E-state index in [9.17, 15) is 0 Å². The predicted molar refractivity (Wildman–Crippen MR) is 65.1 cm³/mol. The molecule has 0 fully saturated rings. The molecule has 0 aliphatic heterocycles. The molecule has 0 aliphatic carbocycles. The predicted octanol–water partition coefficient (Wildman–Crippen LogP) is 2.41. The van der Waals surface area contributed by atoms with Crippen molar-refractivity contribution in [1.82, 2.24) is 4.98 Å². The summed E-state index contributed by atoms with van der Waals surface area (Å²) >= 11 is 1.50. The standard InChI is InChI=1S/C11H12N2O2S/c1-14-8-4-3-7(5-9(8)15-2)10-11(12)13-6-16-10/h3-6H,12H2,1-2H3. The second-order valence-corrected chi connectivity index (χ2v) is 3.99. The number of anilines is 1. The van der Waals surface area contributed by atoms with Gasteiger partial charge in [0.05, 0.1) is 24.6 Å². The maximum atomic E-state index is 5.76. The first-order chi connectivity index (χ1) is 7.76. The fourth-order valence-electron chi connectivity index (χ4n) is 1.45. The number of nitrogen functional groups attached to an aromatic ring is 1. The van der Waals surface area contributed by atoms with E-state index in [1.807, 2.05) is 18.2 Å². The summed E-state index contributed by atoms with van der Waals surface area (Å²) in [5, 5.41) is 0. The Morgan fingerprint density at radius 1 is 1.19 bits per heavy atom. The number of ether oxygens (including phenoxy) is 2. The summed E-state index contributed by atoms with van der Waals surface area (Å²) in [4.78, 5) is 4.96. The van der Waals surface area contributed by atoms with Crippen molar-refractivity contribution in [2.75, 3.05) is 20.0 Å². The SMILES string of the molecule is COc1ccc(-c2scnc2N)cc1OC. The lowest BCUT2D eigenvalue weighted by atomic mass is 10.1. The highest BCUT2D eigenvalue weighted by Gasteiger charge is 2.09. The molecule has 2 rings (SSSR count). The van der Waals surface area contributed by atoms with Gasteiger partial charge >= 0.3 is 0 Å². The Kier molecular flexibility index (Phi) is 2.96. The number of hydrogen-bond acceptors (Lipinski definition) is 5. The Labute approximate surface area is 97.6 Å². The Hall–Kier alpha value is -1.75. The highest BCUT2D eigenvalue weighted by Crippen LogP contribution is 2.36. The van der Waals surface area contributed by atoms with Crippen LogP contribution in [0, 0.1) is 0 Å². The maximum Gasteiger partial charge on any atom is 0.161 e. The molecule has 0 spiro atoms. The lowest BCUT2D eigenvalue weighted by Crippen LogP contribution is -1.91. The minimum atomic E-state index is 0.539. The van der Waals surface area contributed by atoms with Crippen molar-refractivity contribution in [2.24, 2.45) is 0 Å². The fraction of sp³-hybridized carbons (Fsp3) is 0.182. The van der Waals surface area contributed by atoms with Crippen LogP contribution in [0.15, 0.2) is 23.7 Å². The topological polar surface area (TPSA) is 57.4 Å². The van der Waals surface area contributed by atoms with E-state index >= 15 is 0 Å². The lowest BCUT2D eigenvalue weighted by Gasteiger charge is -2.08. The summed E-state index contributed by atoms with van der Waals surface area (Å²) < 4.78 is 10.4. The van der Waals surface area contributed by atoms with E-state index < -0.39 is 0 Å². The van der Waals surface area contributed by atoms with Gasteiger partial charge in [-0.15, -0.1) is 11.3 Å². The summed E-state index contributed by atoms with van der Waals surface area (Å²) in [6.07, 6.45) is 0. The van der Waals surface area contributed by atoms with E-state index in [1.54, 1.807) is 19.7 Å². The monoisotopic (exact) mass is 236 g/mol. The lowest BCUT2D eigenvalue weighted by molar-refractivity contribution is 0.355. The van der Waals surface area contributed by atoms with E-state index in [0.717, 1.165) is 10.4 Å². The minimum absolute atomic E-state index is 0.539. The van der Waals surface area contributed by atoms with E-state index in [1.165, 1.54) is 11.3 Å². The van der Waals surface area contributed by atoms with Gasteiger partial charge in [0.15, 0.2) is 11.5 Å². The van der Waals surface area contributed by atoms with Crippen LogP contribution < -0.4 is 15.2 Å². The Balaban J connectivity index is 2.48. The number of thiazole rings is 1. The number of hydrogen-bond donors (Lipinski definition) is 1. The van der Waals surface area contributed by atoms with Gasteiger partial charge in [-0.25, -0.2) is 4.98 Å².